The second-order valence-corrected chi connectivity index (χ2v) is 8.62. The average molecular weight is 462 g/mol. The number of amides is 2. The van der Waals surface area contributed by atoms with E-state index in [1.165, 1.54) is 6.92 Å². The minimum Gasteiger partial charge on any atom is -0.497 e. The fourth-order valence-electron chi connectivity index (χ4n) is 3.99. The first-order chi connectivity index (χ1) is 16.4. The Hall–Kier alpha value is -3.54. The van der Waals surface area contributed by atoms with Crippen LogP contribution in [0.3, 0.4) is 0 Å². The minimum absolute atomic E-state index is 0.0111. The topological polar surface area (TPSA) is 54.8 Å². The molecule has 180 valence electrons. The Morgan fingerprint density at radius 1 is 0.971 bits per heavy atom. The van der Waals surface area contributed by atoms with Crippen molar-refractivity contribution in [3.8, 4) is 5.75 Å². The molecular weight excluding hydrogens is 426 g/mol. The van der Waals surface area contributed by atoms with Crippen LogP contribution < -0.4 is 4.74 Å². The van der Waals surface area contributed by atoms with E-state index < -0.39 is 0 Å². The Kier molecular flexibility index (Phi) is 8.91. The van der Waals surface area contributed by atoms with E-state index in [4.69, 9.17) is 4.74 Å². The molecule has 1 heterocycles. The Morgan fingerprint density at radius 2 is 1.71 bits per heavy atom. The molecule has 0 aliphatic heterocycles. The molecule has 0 aliphatic carbocycles. The van der Waals surface area contributed by atoms with Gasteiger partial charge in [-0.3, -0.25) is 9.59 Å². The van der Waals surface area contributed by atoms with Crippen LogP contribution in [-0.2, 0) is 29.2 Å². The van der Waals surface area contributed by atoms with Gasteiger partial charge in [-0.2, -0.15) is 0 Å². The van der Waals surface area contributed by atoms with Gasteiger partial charge in [0.1, 0.15) is 12.3 Å². The SMILES string of the molecule is CCC(C)N(CC(=O)N(Cc1ccccc1)Cc1cccn1Cc1cccc(OC)c1)C(C)=O. The average Bonchev–Trinajstić information content (AvgIpc) is 3.28. The molecular formula is C28H35N3O3. The third-order valence-electron chi connectivity index (χ3n) is 6.17. The largest absolute Gasteiger partial charge is 0.497 e. The summed E-state index contributed by atoms with van der Waals surface area (Å²) in [5.41, 5.74) is 3.21. The highest BCUT2D eigenvalue weighted by Gasteiger charge is 2.23. The molecule has 0 saturated heterocycles. The zero-order valence-electron chi connectivity index (χ0n) is 20.6. The normalized spacial score (nSPS) is 11.6. The van der Waals surface area contributed by atoms with Crippen LogP contribution in [0.15, 0.2) is 72.9 Å². The molecule has 1 unspecified atom stereocenters. The first-order valence-corrected chi connectivity index (χ1v) is 11.8. The van der Waals surface area contributed by atoms with Crippen molar-refractivity contribution in [1.82, 2.24) is 14.4 Å². The summed E-state index contributed by atoms with van der Waals surface area (Å²) in [6, 6.07) is 22.0. The summed E-state index contributed by atoms with van der Waals surface area (Å²) in [6.45, 7) is 7.23. The van der Waals surface area contributed by atoms with Crippen LogP contribution in [-0.4, -0.2) is 45.9 Å². The number of ether oxygens (including phenoxy) is 1. The summed E-state index contributed by atoms with van der Waals surface area (Å²) >= 11 is 0. The number of nitrogens with zero attached hydrogens (tertiary/aromatic N) is 3. The van der Waals surface area contributed by atoms with Gasteiger partial charge in [0, 0.05) is 37.9 Å². The van der Waals surface area contributed by atoms with E-state index >= 15 is 0 Å². The molecule has 1 atom stereocenters. The fourth-order valence-corrected chi connectivity index (χ4v) is 3.99. The van der Waals surface area contributed by atoms with Crippen LogP contribution in [0.4, 0.5) is 0 Å². The number of rotatable bonds is 11. The highest BCUT2D eigenvalue weighted by atomic mass is 16.5. The van der Waals surface area contributed by atoms with E-state index in [9.17, 15) is 9.59 Å². The molecule has 0 radical (unpaired) electrons. The zero-order chi connectivity index (χ0) is 24.5. The highest BCUT2D eigenvalue weighted by molar-refractivity contribution is 5.84. The van der Waals surface area contributed by atoms with Crippen LogP contribution in [0.5, 0.6) is 5.75 Å². The van der Waals surface area contributed by atoms with Gasteiger partial charge in [-0.25, -0.2) is 0 Å². The van der Waals surface area contributed by atoms with Gasteiger partial charge < -0.3 is 19.1 Å². The number of aromatic nitrogens is 1. The van der Waals surface area contributed by atoms with E-state index in [1.807, 2.05) is 85.6 Å². The summed E-state index contributed by atoms with van der Waals surface area (Å²) in [6.07, 6.45) is 2.83. The van der Waals surface area contributed by atoms with Gasteiger partial charge in [0.05, 0.1) is 13.7 Å². The molecule has 2 aromatic carbocycles. The quantitative estimate of drug-likeness (QED) is 0.415. The Balaban J connectivity index is 1.82. The monoisotopic (exact) mass is 461 g/mol. The maximum atomic E-state index is 13.5. The molecule has 3 rings (SSSR count). The maximum Gasteiger partial charge on any atom is 0.242 e. The molecule has 0 N–H and O–H groups in total. The molecule has 0 aliphatic rings. The van der Waals surface area contributed by atoms with E-state index in [-0.39, 0.29) is 24.4 Å². The molecule has 3 aromatic rings. The molecule has 0 bridgehead atoms. The predicted molar refractivity (Wildman–Crippen MR) is 134 cm³/mol. The van der Waals surface area contributed by atoms with Crippen molar-refractivity contribution in [3.63, 3.8) is 0 Å². The second-order valence-electron chi connectivity index (χ2n) is 8.62. The summed E-state index contributed by atoms with van der Waals surface area (Å²) in [7, 11) is 1.66. The van der Waals surface area contributed by atoms with Gasteiger partial charge in [0.2, 0.25) is 11.8 Å². The van der Waals surface area contributed by atoms with E-state index in [0.717, 1.165) is 29.0 Å². The van der Waals surface area contributed by atoms with Crippen molar-refractivity contribution in [1.29, 1.82) is 0 Å². The van der Waals surface area contributed by atoms with Crippen LogP contribution in [0, 0.1) is 0 Å². The Bertz CT molecular complexity index is 1080. The van der Waals surface area contributed by atoms with Gasteiger partial charge in [0.15, 0.2) is 0 Å². The first-order valence-electron chi connectivity index (χ1n) is 11.8. The van der Waals surface area contributed by atoms with Crippen molar-refractivity contribution in [3.05, 3.63) is 89.7 Å². The number of carbonyl (C=O) groups is 2. The lowest BCUT2D eigenvalue weighted by atomic mass is 10.2. The van der Waals surface area contributed by atoms with Gasteiger partial charge in [-0.15, -0.1) is 0 Å². The van der Waals surface area contributed by atoms with Crippen LogP contribution >= 0.6 is 0 Å². The molecule has 34 heavy (non-hydrogen) atoms. The van der Waals surface area contributed by atoms with Gasteiger partial charge in [-0.05, 0) is 48.7 Å². The predicted octanol–water partition coefficient (Wildman–Crippen LogP) is 4.72. The highest BCUT2D eigenvalue weighted by Crippen LogP contribution is 2.17. The summed E-state index contributed by atoms with van der Waals surface area (Å²) in [4.78, 5) is 29.2. The lowest BCUT2D eigenvalue weighted by Gasteiger charge is -2.31. The summed E-state index contributed by atoms with van der Waals surface area (Å²) in [5.74, 6) is 0.679. The van der Waals surface area contributed by atoms with Crippen molar-refractivity contribution in [2.45, 2.75) is 52.9 Å². The van der Waals surface area contributed by atoms with E-state index in [1.54, 1.807) is 12.0 Å². The van der Waals surface area contributed by atoms with Crippen molar-refractivity contribution >= 4 is 11.8 Å². The van der Waals surface area contributed by atoms with Crippen molar-refractivity contribution in [2.75, 3.05) is 13.7 Å². The molecule has 0 saturated carbocycles. The zero-order valence-corrected chi connectivity index (χ0v) is 20.6. The minimum atomic E-state index is -0.0799. The third-order valence-corrected chi connectivity index (χ3v) is 6.17. The molecule has 6 heteroatoms. The fraction of sp³-hybridized carbons (Fsp3) is 0.357. The van der Waals surface area contributed by atoms with Gasteiger partial charge in [0.25, 0.3) is 0 Å². The third kappa shape index (κ3) is 6.73. The van der Waals surface area contributed by atoms with Gasteiger partial charge in [-0.1, -0.05) is 49.4 Å². The molecule has 1 aromatic heterocycles. The lowest BCUT2D eigenvalue weighted by Crippen LogP contribution is -2.45. The lowest BCUT2D eigenvalue weighted by molar-refractivity contribution is -0.141. The molecule has 0 spiro atoms. The van der Waals surface area contributed by atoms with Crippen molar-refractivity contribution in [2.24, 2.45) is 0 Å². The first kappa shape index (κ1) is 25.1. The number of methoxy groups -OCH3 is 1. The van der Waals surface area contributed by atoms with Crippen molar-refractivity contribution < 1.29 is 14.3 Å². The van der Waals surface area contributed by atoms with E-state index in [2.05, 4.69) is 10.6 Å². The van der Waals surface area contributed by atoms with Crippen LogP contribution in [0.2, 0.25) is 0 Å². The molecule has 2 amide bonds. The number of hydrogen-bond acceptors (Lipinski definition) is 3. The maximum absolute atomic E-state index is 13.5. The second kappa shape index (κ2) is 12.1. The summed E-state index contributed by atoms with van der Waals surface area (Å²) in [5, 5.41) is 0. The Morgan fingerprint density at radius 3 is 2.38 bits per heavy atom. The van der Waals surface area contributed by atoms with Crippen LogP contribution in [0.1, 0.15) is 44.0 Å². The molecule has 0 fully saturated rings. The Labute approximate surface area is 202 Å². The number of benzene rings is 2. The standard InChI is InChI=1S/C28H35N3O3/c1-5-22(2)31(23(3)32)21-28(33)30(18-24-11-7-6-8-12-24)20-26-14-10-16-29(26)19-25-13-9-15-27(17-25)34-4/h6-17,22H,5,18-21H2,1-4H3. The van der Waals surface area contributed by atoms with E-state index in [0.29, 0.717) is 19.6 Å². The summed E-state index contributed by atoms with van der Waals surface area (Å²) < 4.78 is 7.51. The molecule has 6 nitrogen and oxygen atoms in total. The van der Waals surface area contributed by atoms with Crippen LogP contribution in [0.25, 0.3) is 0 Å². The number of carbonyl (C=O) groups excluding carboxylic acids is 2. The van der Waals surface area contributed by atoms with Gasteiger partial charge >= 0.3 is 0 Å². The number of hydrogen-bond donors (Lipinski definition) is 0. The smallest absolute Gasteiger partial charge is 0.242 e.